The van der Waals surface area contributed by atoms with Crippen LogP contribution in [0.15, 0.2) is 97.5 Å². The average Bonchev–Trinajstić information content (AvgIpc) is 2.97. The molecule has 0 N–H and O–H groups in total. The van der Waals surface area contributed by atoms with Crippen molar-refractivity contribution in [3.8, 4) is 0 Å². The largest absolute Gasteiger partial charge is 0.354 e. The number of hydrogen-bond donors (Lipinski definition) is 0. The van der Waals surface area contributed by atoms with Crippen LogP contribution in [0.25, 0.3) is 0 Å². The number of aromatic nitrogens is 2. The van der Waals surface area contributed by atoms with Gasteiger partial charge in [0.15, 0.2) is 0 Å². The Morgan fingerprint density at radius 1 is 0.838 bits per heavy atom. The number of rotatable bonds is 8. The summed E-state index contributed by atoms with van der Waals surface area (Å²) in [5.41, 5.74) is 3.36. The van der Waals surface area contributed by atoms with Crippen LogP contribution in [0.5, 0.6) is 0 Å². The summed E-state index contributed by atoms with van der Waals surface area (Å²) in [5.74, 6) is 0.400. The number of halogens is 1. The van der Waals surface area contributed by atoms with Crippen molar-refractivity contribution in [2.24, 2.45) is 0 Å². The Morgan fingerprint density at radius 3 is 2.30 bits per heavy atom. The van der Waals surface area contributed by atoms with Crippen molar-refractivity contribution in [2.45, 2.75) is 13.0 Å². The second kappa shape index (κ2) is 11.8. The van der Waals surface area contributed by atoms with E-state index < -0.39 is 0 Å². The zero-order valence-electron chi connectivity index (χ0n) is 20.7. The van der Waals surface area contributed by atoms with Gasteiger partial charge >= 0.3 is 0 Å². The molecular formula is C30H30FN5O. The van der Waals surface area contributed by atoms with Gasteiger partial charge in [-0.25, -0.2) is 9.37 Å². The third-order valence-electron chi connectivity index (χ3n) is 6.70. The summed E-state index contributed by atoms with van der Waals surface area (Å²) in [6.45, 7) is 5.27. The summed E-state index contributed by atoms with van der Waals surface area (Å²) in [4.78, 5) is 28.5. The first-order valence-electron chi connectivity index (χ1n) is 12.6. The molecule has 0 saturated carbocycles. The summed E-state index contributed by atoms with van der Waals surface area (Å²) < 4.78 is 13.5. The molecule has 1 saturated heterocycles. The molecule has 0 radical (unpaired) electrons. The van der Waals surface area contributed by atoms with Gasteiger partial charge < -0.3 is 9.80 Å². The highest BCUT2D eigenvalue weighted by molar-refractivity contribution is 6.05. The number of anilines is 2. The quantitative estimate of drug-likeness (QED) is 0.351. The smallest absolute Gasteiger partial charge is 0.260 e. The second-order valence-corrected chi connectivity index (χ2v) is 9.20. The van der Waals surface area contributed by atoms with Gasteiger partial charge in [-0.2, -0.15) is 0 Å². The summed E-state index contributed by atoms with van der Waals surface area (Å²) in [7, 11) is 0. The molecule has 2 aromatic heterocycles. The van der Waals surface area contributed by atoms with Crippen molar-refractivity contribution >= 4 is 17.4 Å². The van der Waals surface area contributed by atoms with E-state index in [4.69, 9.17) is 4.98 Å². The van der Waals surface area contributed by atoms with Gasteiger partial charge in [0.25, 0.3) is 5.91 Å². The summed E-state index contributed by atoms with van der Waals surface area (Å²) in [6.07, 6.45) is 6.06. The minimum absolute atomic E-state index is 0.199. The Kier molecular flexibility index (Phi) is 7.81. The topological polar surface area (TPSA) is 52.6 Å². The van der Waals surface area contributed by atoms with Crippen LogP contribution in [0.3, 0.4) is 0 Å². The van der Waals surface area contributed by atoms with Crippen molar-refractivity contribution in [1.29, 1.82) is 0 Å². The number of benzene rings is 2. The summed E-state index contributed by atoms with van der Waals surface area (Å²) >= 11 is 0. The van der Waals surface area contributed by atoms with E-state index >= 15 is 0 Å². The van der Waals surface area contributed by atoms with Crippen LogP contribution in [-0.2, 0) is 13.0 Å². The SMILES string of the molecule is O=C(c1cccnc1)N(Cc1ccc(N2CCN(CCc3ccccc3)CC2)nc1)c1ccc(F)cc1. The fourth-order valence-corrected chi connectivity index (χ4v) is 4.56. The Bertz CT molecular complexity index is 1280. The Morgan fingerprint density at radius 2 is 1.62 bits per heavy atom. The number of carbonyl (C=O) groups excluding carboxylic acids is 1. The Labute approximate surface area is 217 Å². The molecule has 37 heavy (non-hydrogen) atoms. The minimum Gasteiger partial charge on any atom is -0.354 e. The van der Waals surface area contributed by atoms with E-state index in [0.717, 1.165) is 50.5 Å². The molecule has 2 aromatic carbocycles. The second-order valence-electron chi connectivity index (χ2n) is 9.20. The standard InChI is InChI=1S/C30H30FN5O/c31-27-9-11-28(12-10-27)36(30(37)26-7-4-15-32-22-26)23-25-8-13-29(33-21-25)35-19-17-34(18-20-35)16-14-24-5-2-1-3-6-24/h1-13,15,21-22H,14,16-20,23H2. The average molecular weight is 496 g/mol. The van der Waals surface area contributed by atoms with E-state index in [2.05, 4.69) is 45.1 Å². The molecule has 6 nitrogen and oxygen atoms in total. The molecule has 0 unspecified atom stereocenters. The molecule has 1 fully saturated rings. The lowest BCUT2D eigenvalue weighted by atomic mass is 10.1. The van der Waals surface area contributed by atoms with Crippen LogP contribution in [0.4, 0.5) is 15.9 Å². The molecule has 0 bridgehead atoms. The predicted octanol–water partition coefficient (Wildman–Crippen LogP) is 4.83. The van der Waals surface area contributed by atoms with Gasteiger partial charge in [-0.1, -0.05) is 36.4 Å². The minimum atomic E-state index is -0.344. The van der Waals surface area contributed by atoms with E-state index in [-0.39, 0.29) is 11.7 Å². The molecule has 4 aromatic rings. The van der Waals surface area contributed by atoms with Crippen LogP contribution in [0.2, 0.25) is 0 Å². The van der Waals surface area contributed by atoms with Gasteiger partial charge in [-0.05, 0) is 60.0 Å². The highest BCUT2D eigenvalue weighted by Gasteiger charge is 2.20. The first-order valence-corrected chi connectivity index (χ1v) is 12.6. The van der Waals surface area contributed by atoms with Crippen LogP contribution >= 0.6 is 0 Å². The zero-order valence-corrected chi connectivity index (χ0v) is 20.7. The molecule has 0 spiro atoms. The third kappa shape index (κ3) is 6.37. The molecule has 0 aliphatic carbocycles. The molecular weight excluding hydrogens is 465 g/mol. The Hall–Kier alpha value is -4.10. The number of pyridine rings is 2. The van der Waals surface area contributed by atoms with Crippen LogP contribution in [-0.4, -0.2) is 53.5 Å². The third-order valence-corrected chi connectivity index (χ3v) is 6.70. The van der Waals surface area contributed by atoms with Crippen LogP contribution in [0, 0.1) is 5.82 Å². The lowest BCUT2D eigenvalue weighted by Gasteiger charge is -2.35. The van der Waals surface area contributed by atoms with Crippen molar-refractivity contribution in [3.05, 3.63) is 120 Å². The first-order chi connectivity index (χ1) is 18.2. The van der Waals surface area contributed by atoms with Crippen molar-refractivity contribution in [1.82, 2.24) is 14.9 Å². The van der Waals surface area contributed by atoms with E-state index in [0.29, 0.717) is 17.8 Å². The molecule has 5 rings (SSSR count). The van der Waals surface area contributed by atoms with Crippen LogP contribution < -0.4 is 9.80 Å². The van der Waals surface area contributed by atoms with Gasteiger partial charge in [0, 0.05) is 57.0 Å². The molecule has 7 heteroatoms. The Balaban J connectivity index is 1.22. The zero-order chi connectivity index (χ0) is 25.5. The van der Waals surface area contributed by atoms with E-state index in [1.165, 1.54) is 17.7 Å². The highest BCUT2D eigenvalue weighted by atomic mass is 19.1. The van der Waals surface area contributed by atoms with Crippen LogP contribution in [0.1, 0.15) is 21.5 Å². The molecule has 3 heterocycles. The molecule has 1 aliphatic heterocycles. The molecule has 0 atom stereocenters. The number of hydrogen-bond acceptors (Lipinski definition) is 5. The summed E-state index contributed by atoms with van der Waals surface area (Å²) in [6, 6.07) is 24.0. The highest BCUT2D eigenvalue weighted by Crippen LogP contribution is 2.22. The number of amides is 1. The van der Waals surface area contributed by atoms with Gasteiger partial charge in [0.05, 0.1) is 12.1 Å². The van der Waals surface area contributed by atoms with E-state index in [1.54, 1.807) is 41.6 Å². The number of carbonyl (C=O) groups is 1. The normalized spacial score (nSPS) is 13.9. The molecule has 1 aliphatic rings. The van der Waals surface area contributed by atoms with E-state index in [9.17, 15) is 9.18 Å². The maximum atomic E-state index is 13.5. The lowest BCUT2D eigenvalue weighted by molar-refractivity contribution is 0.0984. The van der Waals surface area contributed by atoms with Crippen molar-refractivity contribution in [3.63, 3.8) is 0 Å². The molecule has 1 amide bonds. The summed E-state index contributed by atoms with van der Waals surface area (Å²) in [5, 5.41) is 0. The van der Waals surface area contributed by atoms with Gasteiger partial charge in [0.1, 0.15) is 11.6 Å². The lowest BCUT2D eigenvalue weighted by Crippen LogP contribution is -2.47. The fraction of sp³-hybridized carbons (Fsp3) is 0.233. The maximum Gasteiger partial charge on any atom is 0.260 e. The maximum absolute atomic E-state index is 13.5. The van der Waals surface area contributed by atoms with Crippen molar-refractivity contribution < 1.29 is 9.18 Å². The van der Waals surface area contributed by atoms with E-state index in [1.807, 2.05) is 18.3 Å². The number of piperazine rings is 1. The van der Waals surface area contributed by atoms with Gasteiger partial charge in [-0.15, -0.1) is 0 Å². The molecule has 188 valence electrons. The van der Waals surface area contributed by atoms with Gasteiger partial charge in [0.2, 0.25) is 0 Å². The van der Waals surface area contributed by atoms with Gasteiger partial charge in [-0.3, -0.25) is 14.7 Å². The van der Waals surface area contributed by atoms with Crippen molar-refractivity contribution in [2.75, 3.05) is 42.5 Å². The first kappa shape index (κ1) is 24.6. The fourth-order valence-electron chi connectivity index (χ4n) is 4.56. The predicted molar refractivity (Wildman–Crippen MR) is 144 cm³/mol. The number of nitrogens with zero attached hydrogens (tertiary/aromatic N) is 5. The monoisotopic (exact) mass is 495 g/mol.